The third-order valence-electron chi connectivity index (χ3n) is 8.64. The molecule has 4 aromatic carbocycles. The number of nitrogens with one attached hydrogen (secondary N) is 1. The standard InChI is InChI=1S/C36H18F8N8O4/c37-14-53-25-23-21(13-22(55-36(42,43)44)24(25)54-34(38)39)30-47-26-15-7-1-3-9-17(15)28(45-26)50-32-19-11-5-6-12-20(19)33(52(32)56-35(40)41)51-29-18-10-4-2-8-16(18)27(46-29)48-31(23)49-30/h1-13,34-35H,14H2,(H,45,46,47,48,49,50,51). The van der Waals surface area contributed by atoms with Crippen LogP contribution in [0.1, 0.15) is 0 Å². The molecule has 0 saturated heterocycles. The van der Waals surface area contributed by atoms with E-state index in [0.29, 0.717) is 39.1 Å². The van der Waals surface area contributed by atoms with Gasteiger partial charge >= 0.3 is 19.6 Å². The van der Waals surface area contributed by atoms with Gasteiger partial charge in [-0.15, -0.1) is 17.9 Å². The van der Waals surface area contributed by atoms with E-state index in [4.69, 9.17) is 9.57 Å². The number of hydrogen-bond acceptors (Lipinski definition) is 10. The molecule has 282 valence electrons. The first-order chi connectivity index (χ1) is 27.0. The van der Waals surface area contributed by atoms with Crippen LogP contribution in [-0.2, 0) is 0 Å². The quantitative estimate of drug-likeness (QED) is 0.157. The number of rotatable bonds is 7. The monoisotopic (exact) mass is 778 g/mol. The first-order valence-corrected chi connectivity index (χ1v) is 16.2. The second-order valence-electron chi connectivity index (χ2n) is 11.9. The van der Waals surface area contributed by atoms with E-state index >= 15 is 0 Å². The van der Waals surface area contributed by atoms with Crippen LogP contribution in [0, 0.1) is 0 Å². The largest absolute Gasteiger partial charge is 0.573 e. The maximum absolute atomic E-state index is 14.1. The molecule has 8 bridgehead atoms. The summed E-state index contributed by atoms with van der Waals surface area (Å²) in [6.45, 7) is -8.76. The van der Waals surface area contributed by atoms with E-state index in [1.165, 1.54) is 0 Å². The molecule has 0 spiro atoms. The number of ether oxygens (including phenoxy) is 3. The van der Waals surface area contributed by atoms with Gasteiger partial charge in [-0.3, -0.25) is 0 Å². The molecular formula is C36H18F8N8O4. The number of nitrogens with zero attached hydrogens (tertiary/aromatic N) is 7. The first kappa shape index (κ1) is 34.6. The summed E-state index contributed by atoms with van der Waals surface area (Å²) >= 11 is 0. The van der Waals surface area contributed by atoms with E-state index in [9.17, 15) is 35.1 Å². The summed E-state index contributed by atoms with van der Waals surface area (Å²) in [5, 5.41) is 0.0648. The van der Waals surface area contributed by atoms with Crippen LogP contribution in [0.3, 0.4) is 0 Å². The fourth-order valence-electron chi connectivity index (χ4n) is 6.57. The van der Waals surface area contributed by atoms with Gasteiger partial charge in [0.05, 0.1) is 5.39 Å². The van der Waals surface area contributed by atoms with Crippen molar-refractivity contribution < 1.29 is 54.2 Å². The van der Waals surface area contributed by atoms with Crippen molar-refractivity contribution in [3.63, 3.8) is 0 Å². The van der Waals surface area contributed by atoms with Gasteiger partial charge < -0.3 is 24.0 Å². The second-order valence-corrected chi connectivity index (χ2v) is 11.9. The Morgan fingerprint density at radius 1 is 0.607 bits per heavy atom. The van der Waals surface area contributed by atoms with E-state index in [-0.39, 0.29) is 56.7 Å². The Bertz CT molecular complexity index is 2900. The molecule has 3 aromatic heterocycles. The van der Waals surface area contributed by atoms with Gasteiger partial charge in [-0.25, -0.2) is 34.3 Å². The van der Waals surface area contributed by atoms with Crippen LogP contribution in [-0.4, -0.2) is 66.1 Å². The summed E-state index contributed by atoms with van der Waals surface area (Å²) in [5.41, 5.74) is 0.587. The van der Waals surface area contributed by atoms with Crippen LogP contribution in [0.2, 0.25) is 0 Å². The number of aromatic amines is 1. The maximum atomic E-state index is 14.1. The Kier molecular flexibility index (Phi) is 8.06. The summed E-state index contributed by atoms with van der Waals surface area (Å²) in [7, 11) is 0. The predicted octanol–water partition coefficient (Wildman–Crippen LogP) is 8.80. The summed E-state index contributed by atoms with van der Waals surface area (Å²) in [5.74, 6) is -3.78. The summed E-state index contributed by atoms with van der Waals surface area (Å²) in [6.07, 6.45) is -5.43. The SMILES string of the molecule is FCOc1c(OC(F)F)c(OC(F)(F)F)cc2c3nc4nc(nc5c6ccccc6c(nc6nc(nc([nH]3)c12)-c1ccccc1-6)n5OC(F)F)-c1ccccc1-4. The number of alkyl halides is 8. The first-order valence-electron chi connectivity index (χ1n) is 16.2. The Morgan fingerprint density at radius 3 is 1.59 bits per heavy atom. The van der Waals surface area contributed by atoms with Crippen molar-refractivity contribution >= 4 is 44.1 Å². The molecule has 12 nitrogen and oxygen atoms in total. The topological polar surface area (TPSA) is 135 Å². The van der Waals surface area contributed by atoms with Gasteiger partial charge in [-0.2, -0.15) is 17.6 Å². The van der Waals surface area contributed by atoms with Crippen molar-refractivity contribution in [1.82, 2.24) is 39.6 Å². The highest BCUT2D eigenvalue weighted by Crippen LogP contribution is 2.49. The minimum Gasteiger partial charge on any atom is -0.458 e. The van der Waals surface area contributed by atoms with Crippen molar-refractivity contribution in [3.05, 3.63) is 78.9 Å². The Hall–Kier alpha value is -7.12. The molecule has 2 aliphatic heterocycles. The van der Waals surface area contributed by atoms with Crippen molar-refractivity contribution in [2.24, 2.45) is 0 Å². The van der Waals surface area contributed by atoms with Crippen molar-refractivity contribution in [1.29, 1.82) is 0 Å². The molecule has 0 unspecified atom stereocenters. The van der Waals surface area contributed by atoms with Gasteiger partial charge in [-0.1, -0.05) is 72.8 Å². The lowest BCUT2D eigenvalue weighted by molar-refractivity contribution is -0.275. The van der Waals surface area contributed by atoms with Crippen molar-refractivity contribution in [2.45, 2.75) is 19.6 Å². The molecule has 5 heterocycles. The molecular weight excluding hydrogens is 760 g/mol. The van der Waals surface area contributed by atoms with Gasteiger partial charge in [0.25, 0.3) is 0 Å². The molecule has 0 atom stereocenters. The zero-order chi connectivity index (χ0) is 38.9. The summed E-state index contributed by atoms with van der Waals surface area (Å²) < 4.78 is 125. The molecule has 9 rings (SSSR count). The average Bonchev–Trinajstić information content (AvgIpc) is 3.87. The van der Waals surface area contributed by atoms with E-state index in [2.05, 4.69) is 44.4 Å². The van der Waals surface area contributed by atoms with Gasteiger partial charge in [-0.05, 0) is 6.07 Å². The lowest BCUT2D eigenvalue weighted by Gasteiger charge is -2.17. The number of hydrogen-bond donors (Lipinski definition) is 1. The van der Waals surface area contributed by atoms with Gasteiger partial charge in [0.1, 0.15) is 11.3 Å². The van der Waals surface area contributed by atoms with Crippen LogP contribution >= 0.6 is 0 Å². The minimum atomic E-state index is -5.43. The Morgan fingerprint density at radius 2 is 1.11 bits per heavy atom. The molecule has 0 aliphatic carbocycles. The van der Waals surface area contributed by atoms with Crippen LogP contribution in [0.25, 0.3) is 89.7 Å². The van der Waals surface area contributed by atoms with Gasteiger partial charge in [0.2, 0.25) is 12.6 Å². The van der Waals surface area contributed by atoms with Crippen LogP contribution in [0.5, 0.6) is 17.2 Å². The van der Waals surface area contributed by atoms with Gasteiger partial charge in [0.15, 0.2) is 46.1 Å². The van der Waals surface area contributed by atoms with Gasteiger partial charge in [0, 0.05) is 38.4 Å². The fourth-order valence-corrected chi connectivity index (χ4v) is 6.57. The molecule has 0 saturated carbocycles. The highest BCUT2D eigenvalue weighted by atomic mass is 19.4. The highest BCUT2D eigenvalue weighted by molar-refractivity contribution is 6.11. The highest BCUT2D eigenvalue weighted by Gasteiger charge is 2.36. The molecule has 0 radical (unpaired) electrons. The normalized spacial score (nSPS) is 12.3. The van der Waals surface area contributed by atoms with Crippen molar-refractivity contribution in [2.75, 3.05) is 6.86 Å². The Labute approximate surface area is 305 Å². The molecule has 0 fully saturated rings. The second kappa shape index (κ2) is 13.0. The zero-order valence-electron chi connectivity index (χ0n) is 27.7. The Balaban J connectivity index is 1.51. The average molecular weight is 779 g/mol. The zero-order valence-corrected chi connectivity index (χ0v) is 27.7. The lowest BCUT2D eigenvalue weighted by Crippen LogP contribution is -2.18. The molecule has 0 amide bonds. The maximum Gasteiger partial charge on any atom is 0.573 e. The fraction of sp³-hybridized carbons (Fsp3) is 0.111. The van der Waals surface area contributed by atoms with Crippen LogP contribution in [0.15, 0.2) is 78.9 Å². The lowest BCUT2D eigenvalue weighted by atomic mass is 10.1. The molecule has 20 heteroatoms. The third-order valence-corrected chi connectivity index (χ3v) is 8.64. The number of fused-ring (bicyclic) bond motifs is 20. The van der Waals surface area contributed by atoms with E-state index in [1.807, 2.05) is 0 Å². The minimum absolute atomic E-state index is 0.0320. The van der Waals surface area contributed by atoms with E-state index in [1.54, 1.807) is 72.8 Å². The summed E-state index contributed by atoms with van der Waals surface area (Å²) in [6, 6.07) is 20.3. The van der Waals surface area contributed by atoms with E-state index < -0.39 is 43.7 Å². The third kappa shape index (κ3) is 5.85. The van der Waals surface area contributed by atoms with Crippen LogP contribution in [0.4, 0.5) is 35.1 Å². The number of H-pyrrole nitrogens is 1. The number of aromatic nitrogens is 8. The molecule has 1 N–H and O–H groups in total. The number of benzene rings is 4. The van der Waals surface area contributed by atoms with E-state index in [0.717, 1.165) is 4.73 Å². The van der Waals surface area contributed by atoms with Crippen molar-refractivity contribution in [3.8, 4) is 62.8 Å². The molecule has 7 aromatic rings. The molecule has 2 aliphatic rings. The predicted molar refractivity (Wildman–Crippen MR) is 182 cm³/mol. The number of halogens is 8. The smallest absolute Gasteiger partial charge is 0.458 e. The summed E-state index contributed by atoms with van der Waals surface area (Å²) in [4.78, 5) is 35.5. The van der Waals surface area contributed by atoms with Crippen LogP contribution < -0.4 is 19.0 Å². The molecule has 56 heavy (non-hydrogen) atoms.